The normalized spacial score (nSPS) is 17.2. The van der Waals surface area contributed by atoms with Crippen molar-refractivity contribution in [1.29, 1.82) is 0 Å². The second-order valence-electron chi connectivity index (χ2n) is 1.03. The Morgan fingerprint density at radius 1 is 2.00 bits per heavy atom. The van der Waals surface area contributed by atoms with E-state index in [4.69, 9.17) is 4.89 Å². The van der Waals surface area contributed by atoms with Crippen molar-refractivity contribution in [2.45, 2.75) is 0 Å². The Kier molecular flexibility index (Phi) is 3.35. The molecule has 0 aliphatic heterocycles. The van der Waals surface area contributed by atoms with E-state index in [2.05, 4.69) is 22.2 Å². The Morgan fingerprint density at radius 3 is 2.62 bits per heavy atom. The van der Waals surface area contributed by atoms with Gasteiger partial charge in [-0.1, -0.05) is 12.2 Å². The average Bonchev–Trinajstić information content (AvgIpc) is 1.59. The predicted octanol–water partition coefficient (Wildman–Crippen LogP) is 0.0618. The molecule has 0 fully saturated rings. The molecule has 1 unspecified atom stereocenters. The monoisotopic (exact) mass is 155 g/mol. The van der Waals surface area contributed by atoms with Gasteiger partial charge >= 0.3 is 7.75 Å². The fourth-order valence-electron chi connectivity index (χ4n) is 0.137. The number of hydrogen-bond donors (Lipinski definition) is 2. The number of hydrogen-bond acceptors (Lipinski definition) is 3. The molecule has 3 N–H and O–H groups in total. The summed E-state index contributed by atoms with van der Waals surface area (Å²) >= 11 is 4.28. The Balaban J connectivity index is 3.40. The first-order chi connectivity index (χ1) is 3.56. The van der Waals surface area contributed by atoms with Gasteiger partial charge in [0.15, 0.2) is 0 Å². The highest BCUT2D eigenvalue weighted by Crippen LogP contribution is 2.29. The fraction of sp³-hybridized carbons (Fsp3) is 0.500. The molecular weight excluding hydrogens is 149 g/mol. The molecule has 0 amide bonds. The van der Waals surface area contributed by atoms with Gasteiger partial charge in [-0.15, -0.1) is 0 Å². The number of rotatable bonds is 3. The maximum atomic E-state index is 10.0. The molecule has 0 heterocycles. The SMILES string of the molecule is NP(=O)(O)OCC=S. The van der Waals surface area contributed by atoms with Crippen LogP contribution in [-0.2, 0) is 9.09 Å². The maximum absolute atomic E-state index is 10.0. The minimum atomic E-state index is -3.78. The summed E-state index contributed by atoms with van der Waals surface area (Å²) in [6.07, 6.45) is 0. The lowest BCUT2D eigenvalue weighted by Crippen LogP contribution is -1.99. The molecule has 1 atom stereocenters. The van der Waals surface area contributed by atoms with Crippen LogP contribution in [0.5, 0.6) is 0 Å². The van der Waals surface area contributed by atoms with E-state index in [1.54, 1.807) is 0 Å². The standard InChI is InChI=1S/C2H6NO3PS/c3-7(4,5)6-1-2-8/h2H,1H2,(H3,3,4,5). The van der Waals surface area contributed by atoms with E-state index >= 15 is 0 Å². The summed E-state index contributed by atoms with van der Waals surface area (Å²) in [5.74, 6) is 0. The predicted molar refractivity (Wildman–Crippen MR) is 33.6 cm³/mol. The van der Waals surface area contributed by atoms with Crippen LogP contribution in [0.1, 0.15) is 0 Å². The van der Waals surface area contributed by atoms with Gasteiger partial charge in [0.2, 0.25) is 0 Å². The third-order valence-electron chi connectivity index (χ3n) is 0.328. The van der Waals surface area contributed by atoms with Gasteiger partial charge in [-0.05, 0) is 0 Å². The van der Waals surface area contributed by atoms with E-state index in [0.29, 0.717) is 0 Å². The minimum Gasteiger partial charge on any atom is -0.313 e. The highest BCUT2D eigenvalue weighted by atomic mass is 32.1. The zero-order valence-corrected chi connectivity index (χ0v) is 5.69. The van der Waals surface area contributed by atoms with Crippen molar-refractivity contribution in [3.63, 3.8) is 0 Å². The van der Waals surface area contributed by atoms with Crippen molar-refractivity contribution in [1.82, 2.24) is 0 Å². The molecule has 0 aliphatic rings. The summed E-state index contributed by atoms with van der Waals surface area (Å²) in [5, 5.41) is 1.18. The zero-order valence-electron chi connectivity index (χ0n) is 3.98. The summed E-state index contributed by atoms with van der Waals surface area (Å²) in [5.41, 5.74) is 4.54. The van der Waals surface area contributed by atoms with E-state index in [0.717, 1.165) is 0 Å². The van der Waals surface area contributed by atoms with Crippen molar-refractivity contribution in [3.05, 3.63) is 0 Å². The van der Waals surface area contributed by atoms with Crippen LogP contribution in [0.15, 0.2) is 0 Å². The van der Waals surface area contributed by atoms with Gasteiger partial charge in [0, 0.05) is 5.37 Å². The minimum absolute atomic E-state index is 0.0698. The topological polar surface area (TPSA) is 72.6 Å². The maximum Gasteiger partial charge on any atom is 0.400 e. The molecule has 48 valence electrons. The van der Waals surface area contributed by atoms with Crippen LogP contribution >= 0.6 is 20.0 Å². The van der Waals surface area contributed by atoms with Crippen molar-refractivity contribution in [2.75, 3.05) is 6.61 Å². The third-order valence-corrected chi connectivity index (χ3v) is 0.983. The Hall–Kier alpha value is 0.200. The summed E-state index contributed by atoms with van der Waals surface area (Å²) < 4.78 is 14.1. The molecule has 0 rings (SSSR count). The van der Waals surface area contributed by atoms with Gasteiger partial charge in [-0.3, -0.25) is 4.52 Å². The van der Waals surface area contributed by atoms with Gasteiger partial charge in [-0.2, -0.15) is 0 Å². The first-order valence-electron chi connectivity index (χ1n) is 1.76. The van der Waals surface area contributed by atoms with Crippen molar-refractivity contribution in [3.8, 4) is 0 Å². The molecule has 0 radical (unpaired) electrons. The fourth-order valence-corrected chi connectivity index (χ4v) is 0.594. The molecule has 0 aromatic rings. The van der Waals surface area contributed by atoms with Crippen LogP contribution in [0.4, 0.5) is 0 Å². The van der Waals surface area contributed by atoms with Crippen LogP contribution in [0.3, 0.4) is 0 Å². The molecule has 0 spiro atoms. The van der Waals surface area contributed by atoms with E-state index in [-0.39, 0.29) is 6.61 Å². The molecule has 0 aromatic carbocycles. The lowest BCUT2D eigenvalue weighted by Gasteiger charge is -2.00. The lowest BCUT2D eigenvalue weighted by atomic mass is 10.9. The molecule has 0 bridgehead atoms. The number of nitrogens with two attached hydrogens (primary N) is 1. The lowest BCUT2D eigenvalue weighted by molar-refractivity contribution is 0.299. The molecular formula is C2H6NO3PS. The van der Waals surface area contributed by atoms with Crippen molar-refractivity contribution >= 4 is 25.3 Å². The molecule has 8 heavy (non-hydrogen) atoms. The van der Waals surface area contributed by atoms with E-state index < -0.39 is 7.75 Å². The third kappa shape index (κ3) is 6.20. The van der Waals surface area contributed by atoms with Gasteiger partial charge in [0.25, 0.3) is 0 Å². The van der Waals surface area contributed by atoms with Crippen LogP contribution in [0, 0.1) is 0 Å². The van der Waals surface area contributed by atoms with Crippen LogP contribution < -0.4 is 5.50 Å². The average molecular weight is 155 g/mol. The van der Waals surface area contributed by atoms with E-state index in [1.807, 2.05) is 0 Å². The molecule has 4 nitrogen and oxygen atoms in total. The van der Waals surface area contributed by atoms with E-state index in [9.17, 15) is 4.57 Å². The van der Waals surface area contributed by atoms with E-state index in [1.165, 1.54) is 5.37 Å². The van der Waals surface area contributed by atoms with Gasteiger partial charge in [0.05, 0.1) is 6.61 Å². The molecule has 6 heteroatoms. The van der Waals surface area contributed by atoms with Gasteiger partial charge in [-0.25, -0.2) is 10.1 Å². The van der Waals surface area contributed by atoms with Crippen LogP contribution in [0.2, 0.25) is 0 Å². The summed E-state index contributed by atoms with van der Waals surface area (Å²) in [4.78, 5) is 8.19. The summed E-state index contributed by atoms with van der Waals surface area (Å²) in [6, 6.07) is 0. The van der Waals surface area contributed by atoms with Gasteiger partial charge < -0.3 is 4.89 Å². The second kappa shape index (κ2) is 3.27. The first kappa shape index (κ1) is 8.20. The highest BCUT2D eigenvalue weighted by molar-refractivity contribution is 7.79. The Labute approximate surface area is 52.2 Å². The zero-order chi connectivity index (χ0) is 6.62. The summed E-state index contributed by atoms with van der Waals surface area (Å²) in [6.45, 7) is -0.0698. The van der Waals surface area contributed by atoms with Crippen molar-refractivity contribution < 1.29 is 14.0 Å². The van der Waals surface area contributed by atoms with Gasteiger partial charge in [0.1, 0.15) is 0 Å². The highest BCUT2D eigenvalue weighted by Gasteiger charge is 2.07. The smallest absolute Gasteiger partial charge is 0.313 e. The Morgan fingerprint density at radius 2 is 2.50 bits per heavy atom. The number of thiocarbonyl (C=S) groups is 1. The largest absolute Gasteiger partial charge is 0.400 e. The Bertz CT molecular complexity index is 120. The quantitative estimate of drug-likeness (QED) is 0.445. The molecule has 0 saturated heterocycles. The van der Waals surface area contributed by atoms with Crippen LogP contribution in [-0.4, -0.2) is 16.9 Å². The molecule has 0 aromatic heterocycles. The van der Waals surface area contributed by atoms with Crippen molar-refractivity contribution in [2.24, 2.45) is 5.50 Å². The second-order valence-corrected chi connectivity index (χ2v) is 2.75. The first-order valence-corrected chi connectivity index (χ1v) is 3.87. The summed E-state index contributed by atoms with van der Waals surface area (Å²) in [7, 11) is -3.78. The molecule has 0 saturated carbocycles. The van der Waals surface area contributed by atoms with Crippen LogP contribution in [0.25, 0.3) is 0 Å². The molecule has 0 aliphatic carbocycles.